The number of benzene rings is 2. The second-order valence-corrected chi connectivity index (χ2v) is 8.82. The Morgan fingerprint density at radius 2 is 1.45 bits per heavy atom. The molecule has 2 aromatic carbocycles. The van der Waals surface area contributed by atoms with Gasteiger partial charge in [-0.15, -0.1) is 0 Å². The fraction of sp³-hybridized carbons (Fsp3) is 0.240. The minimum absolute atomic E-state index is 0.734. The second-order valence-electron chi connectivity index (χ2n) is 7.95. The van der Waals surface area contributed by atoms with E-state index in [9.17, 15) is 0 Å². The Morgan fingerprint density at radius 1 is 0.774 bits per heavy atom. The van der Waals surface area contributed by atoms with Crippen LogP contribution in [-0.2, 0) is 6.54 Å². The Kier molecular flexibility index (Phi) is 5.97. The summed E-state index contributed by atoms with van der Waals surface area (Å²) in [6.45, 7) is 5.06. The molecule has 0 saturated carbocycles. The molecule has 1 aliphatic heterocycles. The number of hydrogen-bond donors (Lipinski definition) is 1. The Balaban J connectivity index is 1.62. The second kappa shape index (κ2) is 9.01. The van der Waals surface area contributed by atoms with Crippen LogP contribution in [0.5, 0.6) is 0 Å². The van der Waals surface area contributed by atoms with E-state index < -0.39 is 0 Å². The van der Waals surface area contributed by atoms with Gasteiger partial charge in [0.2, 0.25) is 0 Å². The first kappa shape index (κ1) is 20.5. The zero-order valence-corrected chi connectivity index (χ0v) is 18.7. The highest BCUT2D eigenvalue weighted by Gasteiger charge is 2.18. The average Bonchev–Trinajstić information content (AvgIpc) is 2.95. The van der Waals surface area contributed by atoms with Crippen molar-refractivity contribution in [2.45, 2.75) is 13.0 Å². The molecule has 1 fully saturated rings. The van der Waals surface area contributed by atoms with Crippen LogP contribution in [0.15, 0.2) is 66.9 Å². The van der Waals surface area contributed by atoms with E-state index in [2.05, 4.69) is 57.2 Å². The van der Waals surface area contributed by atoms with E-state index in [1.54, 1.807) is 0 Å². The summed E-state index contributed by atoms with van der Waals surface area (Å²) in [5, 5.41) is 4.97. The first-order valence-corrected chi connectivity index (χ1v) is 11.4. The Labute approximate surface area is 192 Å². The summed E-state index contributed by atoms with van der Waals surface area (Å²) in [4.78, 5) is 7.52. The van der Waals surface area contributed by atoms with Crippen LogP contribution in [0.4, 0.5) is 0 Å². The maximum atomic E-state index is 6.14. The van der Waals surface area contributed by atoms with Gasteiger partial charge >= 0.3 is 0 Å². The highest BCUT2D eigenvalue weighted by molar-refractivity contribution is 6.30. The Morgan fingerprint density at radius 3 is 2.19 bits per heavy atom. The third-order valence-corrected chi connectivity index (χ3v) is 6.32. The van der Waals surface area contributed by atoms with Crippen LogP contribution < -0.4 is 5.32 Å². The van der Waals surface area contributed by atoms with Crippen LogP contribution in [-0.4, -0.2) is 40.5 Å². The van der Waals surface area contributed by atoms with E-state index >= 15 is 0 Å². The normalized spacial score (nSPS) is 15.3. The summed E-state index contributed by atoms with van der Waals surface area (Å²) in [6, 6.07) is 20.2. The molecule has 0 atom stereocenters. The molecule has 0 bridgehead atoms. The number of halogens is 2. The summed E-state index contributed by atoms with van der Waals surface area (Å²) >= 11 is 12.2. The highest BCUT2D eigenvalue weighted by atomic mass is 35.5. The number of pyridine rings is 1. The van der Waals surface area contributed by atoms with Crippen molar-refractivity contribution in [3.05, 3.63) is 82.6 Å². The van der Waals surface area contributed by atoms with E-state index in [4.69, 9.17) is 28.2 Å². The molecule has 2 aromatic heterocycles. The van der Waals surface area contributed by atoms with Crippen LogP contribution in [0.25, 0.3) is 28.0 Å². The SMILES string of the molecule is Clc1ccc(-c2ccc3nc(-c4ccc(Cl)cc4)c(CN4CCCNCC4)n3c2)cc1. The molecule has 5 rings (SSSR count). The van der Waals surface area contributed by atoms with E-state index in [0.29, 0.717) is 0 Å². The zero-order valence-electron chi connectivity index (χ0n) is 17.2. The summed E-state index contributed by atoms with van der Waals surface area (Å²) in [7, 11) is 0. The van der Waals surface area contributed by atoms with E-state index in [1.165, 1.54) is 5.69 Å². The molecule has 0 aliphatic carbocycles. The quantitative estimate of drug-likeness (QED) is 0.428. The molecule has 4 nitrogen and oxygen atoms in total. The largest absolute Gasteiger partial charge is 0.315 e. The van der Waals surface area contributed by atoms with Gasteiger partial charge in [0.05, 0.1) is 11.4 Å². The molecule has 0 spiro atoms. The molecular formula is C25H24Cl2N4. The molecule has 31 heavy (non-hydrogen) atoms. The standard InChI is InChI=1S/C25H24Cl2N4/c26-21-7-2-18(3-8-21)20-6-11-24-29-25(19-4-9-22(27)10-5-19)23(31(24)16-20)17-30-14-1-12-28-13-15-30/h2-11,16,28H,1,12-15,17H2. The lowest BCUT2D eigenvalue weighted by Crippen LogP contribution is -2.28. The summed E-state index contributed by atoms with van der Waals surface area (Å²) < 4.78 is 2.24. The number of hydrogen-bond acceptors (Lipinski definition) is 3. The van der Waals surface area contributed by atoms with Gasteiger partial charge in [0.15, 0.2) is 0 Å². The van der Waals surface area contributed by atoms with Crippen molar-refractivity contribution in [3.63, 3.8) is 0 Å². The van der Waals surface area contributed by atoms with Crippen LogP contribution in [0, 0.1) is 0 Å². The number of fused-ring (bicyclic) bond motifs is 1. The van der Waals surface area contributed by atoms with Gasteiger partial charge in [-0.25, -0.2) is 4.98 Å². The Hall–Kier alpha value is -2.37. The number of aromatic nitrogens is 2. The molecule has 1 aliphatic rings. The van der Waals surface area contributed by atoms with Crippen molar-refractivity contribution >= 4 is 28.8 Å². The number of imidazole rings is 1. The summed E-state index contributed by atoms with van der Waals surface area (Å²) in [6.07, 6.45) is 3.35. The number of nitrogens with zero attached hydrogens (tertiary/aromatic N) is 3. The molecule has 0 radical (unpaired) electrons. The molecule has 4 aromatic rings. The molecule has 0 amide bonds. The lowest BCUT2D eigenvalue weighted by atomic mass is 10.1. The van der Waals surface area contributed by atoms with Gasteiger partial charge in [-0.3, -0.25) is 4.90 Å². The van der Waals surface area contributed by atoms with Gasteiger partial charge in [0, 0.05) is 41.4 Å². The molecule has 3 heterocycles. The molecule has 1 saturated heterocycles. The smallest absolute Gasteiger partial charge is 0.137 e. The van der Waals surface area contributed by atoms with Crippen molar-refractivity contribution in [1.29, 1.82) is 0 Å². The van der Waals surface area contributed by atoms with Crippen LogP contribution >= 0.6 is 23.2 Å². The van der Waals surface area contributed by atoms with E-state index in [-0.39, 0.29) is 0 Å². The first-order valence-electron chi connectivity index (χ1n) is 10.6. The predicted molar refractivity (Wildman–Crippen MR) is 129 cm³/mol. The molecular weight excluding hydrogens is 427 g/mol. The van der Waals surface area contributed by atoms with Gasteiger partial charge < -0.3 is 9.72 Å². The predicted octanol–water partition coefficient (Wildman–Crippen LogP) is 5.77. The van der Waals surface area contributed by atoms with Gasteiger partial charge in [-0.05, 0) is 67.0 Å². The van der Waals surface area contributed by atoms with Crippen molar-refractivity contribution in [2.75, 3.05) is 26.2 Å². The van der Waals surface area contributed by atoms with Crippen LogP contribution in [0.3, 0.4) is 0 Å². The summed E-state index contributed by atoms with van der Waals surface area (Å²) in [5.74, 6) is 0. The Bertz CT molecular complexity index is 1170. The molecule has 0 unspecified atom stereocenters. The summed E-state index contributed by atoms with van der Waals surface area (Å²) in [5.41, 5.74) is 6.54. The van der Waals surface area contributed by atoms with Crippen molar-refractivity contribution in [3.8, 4) is 22.4 Å². The highest BCUT2D eigenvalue weighted by Crippen LogP contribution is 2.29. The number of nitrogens with one attached hydrogen (secondary N) is 1. The van der Waals surface area contributed by atoms with Gasteiger partial charge in [0.1, 0.15) is 5.65 Å². The molecule has 1 N–H and O–H groups in total. The monoisotopic (exact) mass is 450 g/mol. The topological polar surface area (TPSA) is 32.6 Å². The van der Waals surface area contributed by atoms with E-state index in [0.717, 1.165) is 77.2 Å². The third kappa shape index (κ3) is 4.48. The van der Waals surface area contributed by atoms with Crippen molar-refractivity contribution < 1.29 is 0 Å². The van der Waals surface area contributed by atoms with Crippen LogP contribution in [0.1, 0.15) is 12.1 Å². The number of rotatable bonds is 4. The average molecular weight is 451 g/mol. The molecule has 6 heteroatoms. The van der Waals surface area contributed by atoms with Gasteiger partial charge in [-0.1, -0.05) is 47.5 Å². The lowest BCUT2D eigenvalue weighted by molar-refractivity contribution is 0.281. The fourth-order valence-corrected chi connectivity index (χ4v) is 4.42. The van der Waals surface area contributed by atoms with Gasteiger partial charge in [-0.2, -0.15) is 0 Å². The third-order valence-electron chi connectivity index (χ3n) is 5.82. The van der Waals surface area contributed by atoms with Crippen molar-refractivity contribution in [1.82, 2.24) is 19.6 Å². The van der Waals surface area contributed by atoms with Crippen LogP contribution in [0.2, 0.25) is 10.0 Å². The lowest BCUT2D eigenvalue weighted by Gasteiger charge is -2.20. The minimum Gasteiger partial charge on any atom is -0.315 e. The minimum atomic E-state index is 0.734. The maximum Gasteiger partial charge on any atom is 0.137 e. The molecule has 158 valence electrons. The zero-order chi connectivity index (χ0) is 21.2. The van der Waals surface area contributed by atoms with Gasteiger partial charge in [0.25, 0.3) is 0 Å². The van der Waals surface area contributed by atoms with E-state index in [1.807, 2.05) is 24.3 Å². The fourth-order valence-electron chi connectivity index (χ4n) is 4.17. The maximum absolute atomic E-state index is 6.14. The first-order chi connectivity index (χ1) is 15.2. The van der Waals surface area contributed by atoms with Crippen molar-refractivity contribution in [2.24, 2.45) is 0 Å².